The molecule has 0 saturated carbocycles. The highest BCUT2D eigenvalue weighted by atomic mass is 19.1. The van der Waals surface area contributed by atoms with Crippen LogP contribution in [0.4, 0.5) is 4.39 Å². The first-order chi connectivity index (χ1) is 7.41. The first kappa shape index (κ1) is 12.6. The van der Waals surface area contributed by atoms with Crippen LogP contribution in [0.2, 0.25) is 0 Å². The molecule has 1 atom stereocenters. The van der Waals surface area contributed by atoms with Gasteiger partial charge >= 0.3 is 5.97 Å². The second-order valence-corrected chi connectivity index (χ2v) is 3.98. The molecule has 0 saturated heterocycles. The normalized spacial score (nSPS) is 12.5. The van der Waals surface area contributed by atoms with Crippen LogP contribution in [-0.4, -0.2) is 17.1 Å². The van der Waals surface area contributed by atoms with Crippen molar-refractivity contribution in [3.8, 4) is 0 Å². The summed E-state index contributed by atoms with van der Waals surface area (Å²) in [6.45, 7) is 5.40. The Labute approximate surface area is 94.3 Å². The Kier molecular flexibility index (Phi) is 4.01. The van der Waals surface area contributed by atoms with Gasteiger partial charge in [0, 0.05) is 6.54 Å². The van der Waals surface area contributed by atoms with Gasteiger partial charge in [0.25, 0.3) is 0 Å². The number of benzene rings is 1. The lowest BCUT2D eigenvalue weighted by atomic mass is 10.1. The summed E-state index contributed by atoms with van der Waals surface area (Å²) in [5, 5.41) is 11.5. The van der Waals surface area contributed by atoms with E-state index in [2.05, 4.69) is 5.32 Å². The molecular weight excluding hydrogens is 209 g/mol. The van der Waals surface area contributed by atoms with Crippen molar-refractivity contribution in [2.24, 2.45) is 0 Å². The van der Waals surface area contributed by atoms with E-state index in [4.69, 9.17) is 5.11 Å². The zero-order valence-electron chi connectivity index (χ0n) is 9.67. The number of hydrogen-bond acceptors (Lipinski definition) is 2. The van der Waals surface area contributed by atoms with E-state index in [0.29, 0.717) is 17.7 Å². The topological polar surface area (TPSA) is 49.3 Å². The molecule has 88 valence electrons. The molecule has 0 radical (unpaired) electrons. The third-order valence-electron chi connectivity index (χ3n) is 2.48. The number of carboxylic acid groups (broad SMARTS) is 1. The monoisotopic (exact) mass is 225 g/mol. The van der Waals surface area contributed by atoms with Crippen LogP contribution in [0.1, 0.15) is 23.6 Å². The number of carbonyl (C=O) groups is 1. The van der Waals surface area contributed by atoms with Gasteiger partial charge in [-0.1, -0.05) is 12.1 Å². The number of rotatable bonds is 4. The fourth-order valence-electron chi connectivity index (χ4n) is 1.50. The predicted octanol–water partition coefficient (Wildman–Crippen LogP) is 2.01. The largest absolute Gasteiger partial charge is 0.480 e. The molecule has 0 aliphatic rings. The minimum Gasteiger partial charge on any atom is -0.480 e. The summed E-state index contributed by atoms with van der Waals surface area (Å²) in [5.41, 5.74) is 2.06. The molecule has 16 heavy (non-hydrogen) atoms. The maximum absolute atomic E-state index is 13.3. The first-order valence-electron chi connectivity index (χ1n) is 5.13. The molecule has 0 aliphatic heterocycles. The standard InChI is InChI=1S/C12H16FNO2/c1-7-4-10(5-8(2)11(7)13)6-14-9(3)12(15)16/h4-5,9,14H,6H2,1-3H3,(H,15,16). The fourth-order valence-corrected chi connectivity index (χ4v) is 1.50. The number of halogens is 1. The van der Waals surface area contributed by atoms with Crippen LogP contribution in [0, 0.1) is 19.7 Å². The molecule has 1 aromatic rings. The minimum atomic E-state index is -0.893. The summed E-state index contributed by atoms with van der Waals surface area (Å²) in [5.74, 6) is -1.09. The molecule has 0 fully saturated rings. The van der Waals surface area contributed by atoms with Crippen molar-refractivity contribution in [3.63, 3.8) is 0 Å². The zero-order valence-corrected chi connectivity index (χ0v) is 9.67. The summed E-state index contributed by atoms with van der Waals surface area (Å²) in [7, 11) is 0. The van der Waals surface area contributed by atoms with Crippen molar-refractivity contribution < 1.29 is 14.3 Å². The highest BCUT2D eigenvalue weighted by molar-refractivity contribution is 5.72. The maximum Gasteiger partial charge on any atom is 0.320 e. The van der Waals surface area contributed by atoms with E-state index >= 15 is 0 Å². The third-order valence-corrected chi connectivity index (χ3v) is 2.48. The van der Waals surface area contributed by atoms with Gasteiger partial charge in [0.1, 0.15) is 11.9 Å². The highest BCUT2D eigenvalue weighted by Gasteiger charge is 2.10. The second kappa shape index (κ2) is 5.07. The van der Waals surface area contributed by atoms with Crippen molar-refractivity contribution >= 4 is 5.97 Å². The molecule has 0 amide bonds. The highest BCUT2D eigenvalue weighted by Crippen LogP contribution is 2.14. The van der Waals surface area contributed by atoms with Crippen LogP contribution in [-0.2, 0) is 11.3 Å². The first-order valence-corrected chi connectivity index (χ1v) is 5.13. The van der Waals surface area contributed by atoms with Gasteiger partial charge in [-0.25, -0.2) is 4.39 Å². The molecule has 1 rings (SSSR count). The molecule has 0 aliphatic carbocycles. The Bertz CT molecular complexity index is 381. The molecule has 2 N–H and O–H groups in total. The van der Waals surface area contributed by atoms with E-state index in [9.17, 15) is 9.18 Å². The van der Waals surface area contributed by atoms with Crippen molar-refractivity contribution in [3.05, 3.63) is 34.6 Å². The van der Waals surface area contributed by atoms with Crippen LogP contribution in [0.15, 0.2) is 12.1 Å². The van der Waals surface area contributed by atoms with E-state index in [1.807, 2.05) is 0 Å². The van der Waals surface area contributed by atoms with Gasteiger partial charge in [-0.2, -0.15) is 0 Å². The van der Waals surface area contributed by atoms with Crippen LogP contribution in [0.5, 0.6) is 0 Å². The Morgan fingerprint density at radius 2 is 1.94 bits per heavy atom. The van der Waals surface area contributed by atoms with Crippen LogP contribution < -0.4 is 5.32 Å². The van der Waals surface area contributed by atoms with E-state index < -0.39 is 12.0 Å². The van der Waals surface area contributed by atoms with Crippen molar-refractivity contribution in [1.29, 1.82) is 0 Å². The molecule has 0 heterocycles. The van der Waals surface area contributed by atoms with Crippen LogP contribution >= 0.6 is 0 Å². The summed E-state index contributed by atoms with van der Waals surface area (Å²) in [6, 6.07) is 2.85. The average molecular weight is 225 g/mol. The number of aliphatic carboxylic acids is 1. The summed E-state index contributed by atoms with van der Waals surface area (Å²) < 4.78 is 13.3. The lowest BCUT2D eigenvalue weighted by molar-refractivity contribution is -0.139. The number of carboxylic acids is 1. The number of nitrogens with one attached hydrogen (secondary N) is 1. The number of aryl methyl sites for hydroxylation is 2. The molecule has 1 aromatic carbocycles. The molecule has 3 nitrogen and oxygen atoms in total. The number of hydrogen-bond donors (Lipinski definition) is 2. The van der Waals surface area contributed by atoms with Crippen LogP contribution in [0.3, 0.4) is 0 Å². The minimum absolute atomic E-state index is 0.199. The molecular formula is C12H16FNO2. The Morgan fingerprint density at radius 1 is 1.44 bits per heavy atom. The van der Waals surface area contributed by atoms with Gasteiger partial charge in [-0.15, -0.1) is 0 Å². The van der Waals surface area contributed by atoms with Crippen molar-refractivity contribution in [2.75, 3.05) is 0 Å². The van der Waals surface area contributed by atoms with Gasteiger partial charge < -0.3 is 10.4 Å². The quantitative estimate of drug-likeness (QED) is 0.824. The smallest absolute Gasteiger partial charge is 0.320 e. The van der Waals surface area contributed by atoms with E-state index in [-0.39, 0.29) is 5.82 Å². The van der Waals surface area contributed by atoms with Gasteiger partial charge in [-0.05, 0) is 37.5 Å². The lowest BCUT2D eigenvalue weighted by Gasteiger charge is -2.11. The van der Waals surface area contributed by atoms with E-state index in [0.717, 1.165) is 5.56 Å². The molecule has 4 heteroatoms. The second-order valence-electron chi connectivity index (χ2n) is 3.98. The SMILES string of the molecule is Cc1cc(CNC(C)C(=O)O)cc(C)c1F. The molecule has 1 unspecified atom stereocenters. The molecule has 0 spiro atoms. The van der Waals surface area contributed by atoms with Crippen molar-refractivity contribution in [2.45, 2.75) is 33.4 Å². The van der Waals surface area contributed by atoms with Gasteiger partial charge in [0.15, 0.2) is 0 Å². The summed E-state index contributed by atoms with van der Waals surface area (Å²) in [6.07, 6.45) is 0. The fraction of sp³-hybridized carbons (Fsp3) is 0.417. The van der Waals surface area contributed by atoms with Crippen LogP contribution in [0.25, 0.3) is 0 Å². The van der Waals surface area contributed by atoms with E-state index in [1.54, 1.807) is 32.9 Å². The lowest BCUT2D eigenvalue weighted by Crippen LogP contribution is -2.33. The molecule has 0 bridgehead atoms. The van der Waals surface area contributed by atoms with E-state index in [1.165, 1.54) is 0 Å². The summed E-state index contributed by atoms with van der Waals surface area (Å²) in [4.78, 5) is 10.6. The van der Waals surface area contributed by atoms with Gasteiger partial charge in [-0.3, -0.25) is 4.79 Å². The van der Waals surface area contributed by atoms with Gasteiger partial charge in [0.2, 0.25) is 0 Å². The van der Waals surface area contributed by atoms with Crippen molar-refractivity contribution in [1.82, 2.24) is 5.32 Å². The Balaban J connectivity index is 2.72. The maximum atomic E-state index is 13.3. The average Bonchev–Trinajstić information content (AvgIpc) is 2.22. The zero-order chi connectivity index (χ0) is 12.3. The van der Waals surface area contributed by atoms with Gasteiger partial charge in [0.05, 0.1) is 0 Å². The Morgan fingerprint density at radius 3 is 2.38 bits per heavy atom. The predicted molar refractivity (Wildman–Crippen MR) is 59.8 cm³/mol. The Hall–Kier alpha value is -1.42. The summed E-state index contributed by atoms with van der Waals surface area (Å²) >= 11 is 0. The molecule has 0 aromatic heterocycles. The third kappa shape index (κ3) is 3.03.